The number of carbonyl (C=O) groups is 1. The quantitative estimate of drug-likeness (QED) is 0.689. The first-order valence-electron chi connectivity index (χ1n) is 5.80. The van der Waals surface area contributed by atoms with Crippen LogP contribution in [0.4, 0.5) is 5.82 Å². The van der Waals surface area contributed by atoms with Crippen LogP contribution in [0.2, 0.25) is 0 Å². The summed E-state index contributed by atoms with van der Waals surface area (Å²) < 4.78 is 5.54. The minimum Gasteiger partial charge on any atom is -0.363 e. The lowest BCUT2D eigenvalue weighted by molar-refractivity contribution is -0.130. The van der Waals surface area contributed by atoms with Crippen molar-refractivity contribution in [1.82, 2.24) is 15.5 Å². The molecule has 1 aliphatic rings. The third-order valence-corrected chi connectivity index (χ3v) is 2.91. The maximum absolute atomic E-state index is 11.7. The number of amides is 1. The first-order chi connectivity index (χ1) is 8.13. The highest BCUT2D eigenvalue weighted by molar-refractivity contribution is 5.91. The lowest BCUT2D eigenvalue weighted by atomic mass is 10.0. The van der Waals surface area contributed by atoms with Crippen LogP contribution < -0.4 is 10.6 Å². The highest BCUT2D eigenvalue weighted by Gasteiger charge is 2.33. The van der Waals surface area contributed by atoms with Gasteiger partial charge in [-0.25, -0.2) is 0 Å². The summed E-state index contributed by atoms with van der Waals surface area (Å²) in [7, 11) is 0. The fourth-order valence-electron chi connectivity index (χ4n) is 1.68. The molecule has 1 aliphatic heterocycles. The summed E-state index contributed by atoms with van der Waals surface area (Å²) in [5.74, 6) is 0.509. The number of nitrogens with zero attached hydrogens (tertiary/aromatic N) is 1. The Morgan fingerprint density at radius 3 is 3.00 bits per heavy atom. The number of hydrogen-bond acceptors (Lipinski definition) is 4. The van der Waals surface area contributed by atoms with Gasteiger partial charge in [0.2, 0.25) is 0 Å². The van der Waals surface area contributed by atoms with Gasteiger partial charge in [0.15, 0.2) is 0 Å². The first-order valence-corrected chi connectivity index (χ1v) is 5.80. The molecule has 0 atom stereocenters. The molecule has 0 bridgehead atoms. The van der Waals surface area contributed by atoms with Gasteiger partial charge in [-0.05, 0) is 13.3 Å². The fraction of sp³-hybridized carbons (Fsp3) is 0.636. The van der Waals surface area contributed by atoms with Gasteiger partial charge in [0.1, 0.15) is 12.4 Å². The normalized spacial score (nSPS) is 17.5. The highest BCUT2D eigenvalue weighted by Crippen LogP contribution is 2.15. The van der Waals surface area contributed by atoms with E-state index < -0.39 is 0 Å². The van der Waals surface area contributed by atoms with Gasteiger partial charge < -0.3 is 15.4 Å². The van der Waals surface area contributed by atoms with E-state index in [1.807, 2.05) is 13.8 Å². The Labute approximate surface area is 100 Å². The van der Waals surface area contributed by atoms with Crippen LogP contribution in [0.5, 0.6) is 0 Å². The average molecular weight is 238 g/mol. The van der Waals surface area contributed by atoms with E-state index >= 15 is 0 Å². The number of ether oxygens (including phenoxy) is 1. The topological polar surface area (TPSA) is 79.0 Å². The van der Waals surface area contributed by atoms with Crippen molar-refractivity contribution in [1.29, 1.82) is 0 Å². The van der Waals surface area contributed by atoms with Crippen molar-refractivity contribution in [2.24, 2.45) is 0 Å². The molecule has 1 saturated heterocycles. The molecule has 0 spiro atoms. The smallest absolute Gasteiger partial charge is 0.251 e. The Bertz CT molecular complexity index is 398. The van der Waals surface area contributed by atoms with E-state index in [4.69, 9.17) is 4.74 Å². The lowest BCUT2D eigenvalue weighted by Crippen LogP contribution is -2.59. The van der Waals surface area contributed by atoms with E-state index in [-0.39, 0.29) is 18.1 Å². The molecule has 2 rings (SSSR count). The second-order valence-corrected chi connectivity index (χ2v) is 4.51. The number of aromatic nitrogens is 2. The molecule has 0 saturated carbocycles. The average Bonchev–Trinajstić information content (AvgIpc) is 2.71. The van der Waals surface area contributed by atoms with Gasteiger partial charge in [-0.15, -0.1) is 0 Å². The zero-order valence-corrected chi connectivity index (χ0v) is 10.2. The summed E-state index contributed by atoms with van der Waals surface area (Å²) in [4.78, 5) is 11.7. The second-order valence-electron chi connectivity index (χ2n) is 4.51. The third kappa shape index (κ3) is 2.83. The summed E-state index contributed by atoms with van der Waals surface area (Å²) in [6.45, 7) is 5.66. The minimum absolute atomic E-state index is 0.0698. The van der Waals surface area contributed by atoms with Gasteiger partial charge in [-0.1, -0.05) is 6.92 Å². The lowest BCUT2D eigenvalue weighted by Gasteiger charge is -2.38. The van der Waals surface area contributed by atoms with Gasteiger partial charge in [0, 0.05) is 18.7 Å². The van der Waals surface area contributed by atoms with Crippen molar-refractivity contribution in [3.05, 3.63) is 11.8 Å². The van der Waals surface area contributed by atoms with Crippen LogP contribution >= 0.6 is 0 Å². The molecule has 1 aromatic heterocycles. The van der Waals surface area contributed by atoms with Crippen LogP contribution in [0.25, 0.3) is 0 Å². The van der Waals surface area contributed by atoms with Gasteiger partial charge in [-0.3, -0.25) is 9.89 Å². The molecule has 3 N–H and O–H groups in total. The maximum atomic E-state index is 11.7. The molecule has 0 aromatic carbocycles. The second kappa shape index (κ2) is 4.85. The molecule has 17 heavy (non-hydrogen) atoms. The van der Waals surface area contributed by atoms with Crippen LogP contribution in [0.1, 0.15) is 19.4 Å². The Hall–Kier alpha value is -1.40. The summed E-state index contributed by atoms with van der Waals surface area (Å²) in [6.07, 6.45) is 2.54. The SMILES string of the molecule is CCc1cn[nH]c1NC(=O)COC1(C)CNC1. The molecule has 0 unspecified atom stereocenters. The molecule has 0 aliphatic carbocycles. The molecule has 1 amide bonds. The predicted octanol–water partition coefficient (Wildman–Crippen LogP) is 0.289. The van der Waals surface area contributed by atoms with Crippen molar-refractivity contribution in [3.63, 3.8) is 0 Å². The van der Waals surface area contributed by atoms with Gasteiger partial charge in [0.25, 0.3) is 5.91 Å². The van der Waals surface area contributed by atoms with Gasteiger partial charge in [-0.2, -0.15) is 5.10 Å². The van der Waals surface area contributed by atoms with Crippen molar-refractivity contribution < 1.29 is 9.53 Å². The van der Waals surface area contributed by atoms with Crippen molar-refractivity contribution in [2.75, 3.05) is 25.0 Å². The Kier molecular flexibility index (Phi) is 3.44. The summed E-state index contributed by atoms with van der Waals surface area (Å²) in [5, 5.41) is 12.5. The number of anilines is 1. The Balaban J connectivity index is 1.81. The Morgan fingerprint density at radius 1 is 1.65 bits per heavy atom. The number of carbonyl (C=O) groups excluding carboxylic acids is 1. The number of hydrogen-bond donors (Lipinski definition) is 3. The minimum atomic E-state index is -0.196. The zero-order chi connectivity index (χ0) is 12.3. The Morgan fingerprint density at radius 2 is 2.41 bits per heavy atom. The molecule has 1 fully saturated rings. The summed E-state index contributed by atoms with van der Waals surface area (Å²) >= 11 is 0. The number of aryl methyl sites for hydroxylation is 1. The van der Waals surface area contributed by atoms with Crippen molar-refractivity contribution in [2.45, 2.75) is 25.9 Å². The van der Waals surface area contributed by atoms with E-state index in [1.54, 1.807) is 6.20 Å². The number of H-pyrrole nitrogens is 1. The largest absolute Gasteiger partial charge is 0.363 e. The van der Waals surface area contributed by atoms with E-state index in [0.717, 1.165) is 25.1 Å². The van der Waals surface area contributed by atoms with Crippen LogP contribution in [-0.4, -0.2) is 41.4 Å². The monoisotopic (exact) mass is 238 g/mol. The molecule has 0 radical (unpaired) electrons. The van der Waals surface area contributed by atoms with Crippen LogP contribution in [0.15, 0.2) is 6.20 Å². The predicted molar refractivity (Wildman–Crippen MR) is 63.8 cm³/mol. The number of nitrogens with one attached hydrogen (secondary N) is 3. The molecule has 6 nitrogen and oxygen atoms in total. The molecule has 94 valence electrons. The standard InChI is InChI=1S/C11H18N4O2/c1-3-8-4-13-15-10(8)14-9(16)5-17-11(2)6-12-7-11/h4,12H,3,5-7H2,1-2H3,(H2,13,14,15,16). The van der Waals surface area contributed by atoms with Crippen LogP contribution in [0, 0.1) is 0 Å². The molecule has 1 aromatic rings. The summed E-state index contributed by atoms with van der Waals surface area (Å²) in [5.41, 5.74) is 0.800. The molecule has 6 heteroatoms. The molecule has 2 heterocycles. The highest BCUT2D eigenvalue weighted by atomic mass is 16.5. The van der Waals surface area contributed by atoms with E-state index in [9.17, 15) is 4.79 Å². The molecular weight excluding hydrogens is 220 g/mol. The van der Waals surface area contributed by atoms with E-state index in [0.29, 0.717) is 5.82 Å². The molecular formula is C11H18N4O2. The maximum Gasteiger partial charge on any atom is 0.251 e. The summed E-state index contributed by atoms with van der Waals surface area (Å²) in [6, 6.07) is 0. The van der Waals surface area contributed by atoms with Crippen LogP contribution in [0.3, 0.4) is 0 Å². The van der Waals surface area contributed by atoms with Crippen molar-refractivity contribution >= 4 is 11.7 Å². The fourth-order valence-corrected chi connectivity index (χ4v) is 1.68. The van der Waals surface area contributed by atoms with E-state index in [1.165, 1.54) is 0 Å². The van der Waals surface area contributed by atoms with Crippen molar-refractivity contribution in [3.8, 4) is 0 Å². The zero-order valence-electron chi connectivity index (χ0n) is 10.2. The van der Waals surface area contributed by atoms with E-state index in [2.05, 4.69) is 20.8 Å². The first kappa shape index (κ1) is 12.1. The van der Waals surface area contributed by atoms with Gasteiger partial charge in [0.05, 0.1) is 11.8 Å². The van der Waals surface area contributed by atoms with Crippen LogP contribution in [-0.2, 0) is 16.0 Å². The number of aromatic amines is 1. The van der Waals surface area contributed by atoms with Gasteiger partial charge >= 0.3 is 0 Å². The number of rotatable bonds is 5. The third-order valence-electron chi connectivity index (χ3n) is 2.91.